The number of carbonyl (C=O) groups is 2. The van der Waals surface area contributed by atoms with Gasteiger partial charge in [0.15, 0.2) is 10.9 Å². The highest BCUT2D eigenvalue weighted by atomic mass is 32.1. The Kier molecular flexibility index (Phi) is 6.01. The molecule has 152 valence electrons. The Bertz CT molecular complexity index is 834. The fourth-order valence-electron chi connectivity index (χ4n) is 2.98. The highest BCUT2D eigenvalue weighted by Gasteiger charge is 2.33. The zero-order valence-corrected chi connectivity index (χ0v) is 16.1. The summed E-state index contributed by atoms with van der Waals surface area (Å²) in [4.78, 5) is 32.6. The smallest absolute Gasteiger partial charge is 0.322 e. The van der Waals surface area contributed by atoms with E-state index in [9.17, 15) is 22.8 Å². The first-order valence-corrected chi connectivity index (χ1v) is 9.68. The number of aromatic nitrogens is 3. The molecular formula is C17H20F3N5O2S. The number of nitrogens with zero attached hydrogens (tertiary/aromatic N) is 4. The largest absolute Gasteiger partial charge is 0.389 e. The summed E-state index contributed by atoms with van der Waals surface area (Å²) in [7, 11) is 0. The molecule has 2 aromatic rings. The first-order valence-electron chi connectivity index (χ1n) is 8.86. The number of Topliss-reactive ketones (excluding diaryl/α,β-unsaturated/α-hetero) is 1. The summed E-state index contributed by atoms with van der Waals surface area (Å²) in [6.07, 6.45) is -2.82. The van der Waals surface area contributed by atoms with Gasteiger partial charge in [0.2, 0.25) is 0 Å². The van der Waals surface area contributed by atoms with E-state index in [4.69, 9.17) is 0 Å². The number of ketones is 1. The lowest BCUT2D eigenvalue weighted by Gasteiger charge is -2.17. The van der Waals surface area contributed by atoms with Gasteiger partial charge in [-0.2, -0.15) is 18.3 Å². The number of hydrogen-bond acceptors (Lipinski definition) is 5. The summed E-state index contributed by atoms with van der Waals surface area (Å²) in [5.74, 6) is -0.0653. The molecule has 11 heteroatoms. The topological polar surface area (TPSA) is 82.2 Å². The molecule has 1 aliphatic rings. The number of thiazole rings is 1. The molecule has 0 atom stereocenters. The third kappa shape index (κ3) is 4.89. The van der Waals surface area contributed by atoms with Gasteiger partial charge in [-0.25, -0.2) is 9.78 Å². The number of halogens is 3. The second kappa shape index (κ2) is 8.29. The number of nitrogens with one attached hydrogen (secondary N) is 1. The monoisotopic (exact) mass is 415 g/mol. The molecule has 1 aliphatic heterocycles. The molecule has 1 fully saturated rings. The minimum atomic E-state index is -4.22. The van der Waals surface area contributed by atoms with Crippen LogP contribution in [0.2, 0.25) is 0 Å². The van der Waals surface area contributed by atoms with Crippen molar-refractivity contribution in [2.75, 3.05) is 24.5 Å². The van der Waals surface area contributed by atoms with Crippen LogP contribution in [0.3, 0.4) is 0 Å². The number of aromatic amines is 1. The third-order valence-corrected chi connectivity index (χ3v) is 5.65. The summed E-state index contributed by atoms with van der Waals surface area (Å²) in [5, 5.41) is 7.05. The van der Waals surface area contributed by atoms with Crippen LogP contribution in [0, 0.1) is 6.92 Å². The summed E-state index contributed by atoms with van der Waals surface area (Å²) in [6.45, 7) is 2.46. The molecule has 2 amide bonds. The minimum Gasteiger partial charge on any atom is -0.322 e. The summed E-state index contributed by atoms with van der Waals surface area (Å²) in [5.41, 5.74) is 1.41. The number of H-pyrrole nitrogens is 1. The van der Waals surface area contributed by atoms with E-state index < -0.39 is 12.6 Å². The van der Waals surface area contributed by atoms with Crippen LogP contribution in [0.25, 0.3) is 0 Å². The van der Waals surface area contributed by atoms with E-state index in [0.717, 1.165) is 17.0 Å². The van der Waals surface area contributed by atoms with Crippen molar-refractivity contribution in [1.29, 1.82) is 0 Å². The second-order valence-electron chi connectivity index (χ2n) is 6.56. The molecule has 0 unspecified atom stereocenters. The van der Waals surface area contributed by atoms with Crippen molar-refractivity contribution in [2.24, 2.45) is 0 Å². The van der Waals surface area contributed by atoms with Crippen molar-refractivity contribution in [2.45, 2.75) is 38.8 Å². The Morgan fingerprint density at radius 3 is 2.82 bits per heavy atom. The number of hydrogen-bond donors (Lipinski definition) is 1. The second-order valence-corrected chi connectivity index (χ2v) is 7.53. The van der Waals surface area contributed by atoms with E-state index >= 15 is 0 Å². The molecule has 0 bridgehead atoms. The number of alkyl halides is 3. The quantitative estimate of drug-likeness (QED) is 0.668. The SMILES string of the molecule is Cc1nc(N2CCN(CCCC(F)(F)F)C2=O)sc1C(=O)CCc1ccn[nH]1. The highest BCUT2D eigenvalue weighted by molar-refractivity contribution is 7.17. The van der Waals surface area contributed by atoms with Gasteiger partial charge in [-0.1, -0.05) is 11.3 Å². The maximum atomic E-state index is 12.5. The Morgan fingerprint density at radius 1 is 1.36 bits per heavy atom. The highest BCUT2D eigenvalue weighted by Crippen LogP contribution is 2.30. The van der Waals surface area contributed by atoms with Crippen LogP contribution in [-0.2, 0) is 6.42 Å². The van der Waals surface area contributed by atoms with E-state index in [1.807, 2.05) is 0 Å². The Labute approximate surface area is 163 Å². The molecule has 0 spiro atoms. The van der Waals surface area contributed by atoms with Crippen LogP contribution >= 0.6 is 11.3 Å². The Hall–Kier alpha value is -2.43. The number of carbonyl (C=O) groups excluding carboxylic acids is 2. The van der Waals surface area contributed by atoms with Crippen molar-refractivity contribution < 1.29 is 22.8 Å². The van der Waals surface area contributed by atoms with Crippen molar-refractivity contribution in [3.8, 4) is 0 Å². The number of rotatable bonds is 8. The van der Waals surface area contributed by atoms with Gasteiger partial charge in [0.1, 0.15) is 0 Å². The lowest BCUT2D eigenvalue weighted by Crippen LogP contribution is -2.32. The van der Waals surface area contributed by atoms with E-state index in [-0.39, 0.29) is 24.8 Å². The fourth-order valence-corrected chi connectivity index (χ4v) is 4.03. The number of aryl methyl sites for hydroxylation is 2. The molecule has 1 N–H and O–H groups in total. The molecule has 7 nitrogen and oxygen atoms in total. The lowest BCUT2D eigenvalue weighted by atomic mass is 10.1. The number of anilines is 1. The van der Waals surface area contributed by atoms with Crippen LogP contribution in [0.4, 0.5) is 23.1 Å². The number of urea groups is 1. The molecule has 0 radical (unpaired) electrons. The molecule has 3 heterocycles. The van der Waals surface area contributed by atoms with Crippen LogP contribution in [0.5, 0.6) is 0 Å². The number of amides is 2. The zero-order valence-electron chi connectivity index (χ0n) is 15.3. The molecule has 0 saturated carbocycles. The third-order valence-electron chi connectivity index (χ3n) is 4.43. The van der Waals surface area contributed by atoms with Crippen LogP contribution in [0.15, 0.2) is 12.3 Å². The summed E-state index contributed by atoms with van der Waals surface area (Å²) >= 11 is 1.15. The van der Waals surface area contributed by atoms with Crippen LogP contribution < -0.4 is 4.90 Å². The Morgan fingerprint density at radius 2 is 2.14 bits per heavy atom. The van der Waals surface area contributed by atoms with Gasteiger partial charge in [-0.05, 0) is 25.8 Å². The lowest BCUT2D eigenvalue weighted by molar-refractivity contribution is -0.135. The molecule has 2 aromatic heterocycles. The Balaban J connectivity index is 1.59. The fraction of sp³-hybridized carbons (Fsp3) is 0.529. The minimum absolute atomic E-state index is 0.0508. The summed E-state index contributed by atoms with van der Waals surface area (Å²) < 4.78 is 36.9. The predicted molar refractivity (Wildman–Crippen MR) is 97.7 cm³/mol. The van der Waals surface area contributed by atoms with Crippen molar-refractivity contribution in [1.82, 2.24) is 20.1 Å². The van der Waals surface area contributed by atoms with Gasteiger partial charge in [0.25, 0.3) is 0 Å². The van der Waals surface area contributed by atoms with E-state index in [1.165, 1.54) is 9.80 Å². The molecule has 0 aromatic carbocycles. The normalized spacial score (nSPS) is 14.9. The van der Waals surface area contributed by atoms with E-state index in [0.29, 0.717) is 41.6 Å². The van der Waals surface area contributed by atoms with Crippen molar-refractivity contribution >= 4 is 28.3 Å². The van der Waals surface area contributed by atoms with E-state index in [2.05, 4.69) is 15.2 Å². The van der Waals surface area contributed by atoms with Crippen LogP contribution in [0.1, 0.15) is 40.3 Å². The molecule has 0 aliphatic carbocycles. The first kappa shape index (κ1) is 20.3. The predicted octanol–water partition coefficient (Wildman–Crippen LogP) is 3.57. The van der Waals surface area contributed by atoms with Gasteiger partial charge >= 0.3 is 12.2 Å². The maximum Gasteiger partial charge on any atom is 0.389 e. The zero-order chi connectivity index (χ0) is 20.3. The van der Waals surface area contributed by atoms with Gasteiger partial charge in [0.05, 0.1) is 10.6 Å². The molecule has 28 heavy (non-hydrogen) atoms. The molecule has 3 rings (SSSR count). The maximum absolute atomic E-state index is 12.5. The van der Waals surface area contributed by atoms with Gasteiger partial charge in [-0.15, -0.1) is 0 Å². The average molecular weight is 415 g/mol. The van der Waals surface area contributed by atoms with Crippen molar-refractivity contribution in [3.05, 3.63) is 28.5 Å². The molecular weight excluding hydrogens is 395 g/mol. The van der Waals surface area contributed by atoms with Crippen molar-refractivity contribution in [3.63, 3.8) is 0 Å². The van der Waals surface area contributed by atoms with Gasteiger partial charge in [0, 0.05) is 44.4 Å². The van der Waals surface area contributed by atoms with E-state index in [1.54, 1.807) is 19.2 Å². The average Bonchev–Trinajstić information content (AvgIpc) is 3.33. The standard InChI is InChI=1S/C17H20F3N5O2S/c1-11-14(13(26)4-3-12-5-7-21-23-12)28-15(22-11)25-10-9-24(16(25)27)8-2-6-17(18,19)20/h5,7H,2-4,6,8-10H2,1H3,(H,21,23). The van der Waals surface area contributed by atoms with Crippen LogP contribution in [-0.4, -0.2) is 57.7 Å². The molecule has 1 saturated heterocycles. The summed E-state index contributed by atoms with van der Waals surface area (Å²) in [6, 6.07) is 1.43. The first-order chi connectivity index (χ1) is 13.2. The van der Waals surface area contributed by atoms with Gasteiger partial charge in [-0.3, -0.25) is 14.8 Å². The van der Waals surface area contributed by atoms with Gasteiger partial charge < -0.3 is 4.90 Å².